The Labute approximate surface area is 205 Å². The smallest absolute Gasteiger partial charge is 0.264 e. The highest BCUT2D eigenvalue weighted by atomic mass is 32.2. The molecule has 0 radical (unpaired) electrons. The molecule has 4 saturated carbocycles. The van der Waals surface area contributed by atoms with Crippen LogP contribution in [0.1, 0.15) is 49.9 Å². The van der Waals surface area contributed by atoms with Gasteiger partial charge in [-0.2, -0.15) is 0 Å². The monoisotopic (exact) mass is 499 g/mol. The van der Waals surface area contributed by atoms with Gasteiger partial charge < -0.3 is 10.6 Å². The van der Waals surface area contributed by atoms with Crippen LogP contribution in [0.2, 0.25) is 0 Å². The van der Waals surface area contributed by atoms with Gasteiger partial charge in [0, 0.05) is 17.1 Å². The molecule has 0 spiro atoms. The van der Waals surface area contributed by atoms with Gasteiger partial charge in [-0.15, -0.1) is 0 Å². The second-order valence-electron chi connectivity index (χ2n) is 10.2. The molecule has 1 aromatic carbocycles. The fourth-order valence-electron chi connectivity index (χ4n) is 6.45. The first-order valence-electron chi connectivity index (χ1n) is 11.7. The Morgan fingerprint density at radius 1 is 0.971 bits per heavy atom. The predicted octanol–water partition coefficient (Wildman–Crippen LogP) is 3.92. The van der Waals surface area contributed by atoms with E-state index >= 15 is 0 Å². The molecular formula is C24H29N5O3S2. The number of sulfonamides is 1. The Bertz CT molecular complexity index is 1190. The number of nitrogens with zero attached hydrogens (tertiary/aromatic N) is 2. The summed E-state index contributed by atoms with van der Waals surface area (Å²) in [5.41, 5.74) is 1.67. The number of hydrogen-bond donors (Lipinski definition) is 3. The van der Waals surface area contributed by atoms with E-state index in [9.17, 15) is 13.2 Å². The molecule has 4 bridgehead atoms. The van der Waals surface area contributed by atoms with E-state index < -0.39 is 10.0 Å². The average Bonchev–Trinajstić information content (AvgIpc) is 2.72. The molecule has 8 nitrogen and oxygen atoms in total. The number of aryl methyl sites for hydroxylation is 2. The van der Waals surface area contributed by atoms with Crippen LogP contribution in [0.4, 0.5) is 11.6 Å². The molecule has 4 aliphatic carbocycles. The van der Waals surface area contributed by atoms with Crippen LogP contribution in [0.25, 0.3) is 0 Å². The van der Waals surface area contributed by atoms with Crippen molar-refractivity contribution in [3.63, 3.8) is 0 Å². The maximum atomic E-state index is 13.2. The largest absolute Gasteiger partial charge is 0.332 e. The van der Waals surface area contributed by atoms with Crippen molar-refractivity contribution in [1.29, 1.82) is 0 Å². The van der Waals surface area contributed by atoms with E-state index in [4.69, 9.17) is 12.2 Å². The zero-order valence-corrected chi connectivity index (χ0v) is 20.9. The summed E-state index contributed by atoms with van der Waals surface area (Å²) in [4.78, 5) is 21.5. The van der Waals surface area contributed by atoms with Crippen LogP contribution in [-0.4, -0.2) is 29.4 Å². The van der Waals surface area contributed by atoms with Crippen LogP contribution in [0.5, 0.6) is 0 Å². The number of benzene rings is 1. The van der Waals surface area contributed by atoms with Crippen LogP contribution < -0.4 is 15.4 Å². The van der Waals surface area contributed by atoms with E-state index in [1.807, 2.05) is 0 Å². The number of aromatic nitrogens is 2. The third-order valence-corrected chi connectivity index (χ3v) is 8.93. The summed E-state index contributed by atoms with van der Waals surface area (Å²) < 4.78 is 27.8. The Morgan fingerprint density at radius 2 is 1.50 bits per heavy atom. The molecule has 0 saturated heterocycles. The average molecular weight is 500 g/mol. The summed E-state index contributed by atoms with van der Waals surface area (Å²) in [6, 6.07) is 7.93. The quantitative estimate of drug-likeness (QED) is 0.534. The van der Waals surface area contributed by atoms with Gasteiger partial charge in [-0.05, 0) is 113 Å². The molecule has 0 unspecified atom stereocenters. The Morgan fingerprint density at radius 3 is 2.03 bits per heavy atom. The highest BCUT2D eigenvalue weighted by Gasteiger charge is 2.54. The van der Waals surface area contributed by atoms with Gasteiger partial charge in [-0.25, -0.2) is 23.1 Å². The molecule has 10 heteroatoms. The van der Waals surface area contributed by atoms with E-state index in [1.165, 1.54) is 31.4 Å². The lowest BCUT2D eigenvalue weighted by Gasteiger charge is -2.55. The maximum Gasteiger partial charge on any atom is 0.264 e. The van der Waals surface area contributed by atoms with Gasteiger partial charge in [-0.1, -0.05) is 0 Å². The molecule has 34 heavy (non-hydrogen) atoms. The van der Waals surface area contributed by atoms with Gasteiger partial charge in [0.2, 0.25) is 11.9 Å². The highest BCUT2D eigenvalue weighted by Crippen LogP contribution is 2.60. The fourth-order valence-corrected chi connectivity index (χ4v) is 7.61. The molecule has 1 aromatic heterocycles. The van der Waals surface area contributed by atoms with Crippen molar-refractivity contribution in [1.82, 2.24) is 15.3 Å². The van der Waals surface area contributed by atoms with E-state index in [1.54, 1.807) is 32.0 Å². The van der Waals surface area contributed by atoms with Crippen LogP contribution in [0.15, 0.2) is 35.2 Å². The topological polar surface area (TPSA) is 113 Å². The van der Waals surface area contributed by atoms with Crippen LogP contribution in [0, 0.1) is 37.0 Å². The molecule has 1 amide bonds. The summed E-state index contributed by atoms with van der Waals surface area (Å²) in [5, 5.41) is 6.15. The predicted molar refractivity (Wildman–Crippen MR) is 134 cm³/mol. The number of thiocarbonyl (C=S) groups is 1. The zero-order valence-electron chi connectivity index (χ0n) is 19.3. The summed E-state index contributed by atoms with van der Waals surface area (Å²) >= 11 is 5.39. The van der Waals surface area contributed by atoms with Crippen LogP contribution in [0.3, 0.4) is 0 Å². The molecule has 1 heterocycles. The minimum absolute atomic E-state index is 0.0287. The van der Waals surface area contributed by atoms with Crippen molar-refractivity contribution in [3.8, 4) is 0 Å². The summed E-state index contributed by atoms with van der Waals surface area (Å²) in [5.74, 6) is 2.09. The number of rotatable bonds is 5. The van der Waals surface area contributed by atoms with Gasteiger partial charge in [0.15, 0.2) is 5.11 Å². The van der Waals surface area contributed by atoms with Gasteiger partial charge in [0.1, 0.15) is 0 Å². The standard InChI is InChI=1S/C24H29N5O3S2/c1-14-7-15(2)26-22(25-14)29-34(31,32)20-5-3-19(4-6-20)27-23(33)28-21(30)24-11-16-8-17(12-24)10-18(9-16)13-24/h3-7,16-18H,8-13H2,1-2H3,(H,25,26,29)(H2,27,28,30,33). The molecule has 3 N–H and O–H groups in total. The molecular weight excluding hydrogens is 470 g/mol. The van der Waals surface area contributed by atoms with Crippen molar-refractivity contribution < 1.29 is 13.2 Å². The van der Waals surface area contributed by atoms with Crippen LogP contribution in [-0.2, 0) is 14.8 Å². The molecule has 6 rings (SSSR count). The van der Waals surface area contributed by atoms with Crippen molar-refractivity contribution >= 4 is 44.9 Å². The van der Waals surface area contributed by atoms with Gasteiger partial charge >= 0.3 is 0 Å². The first-order chi connectivity index (χ1) is 16.1. The minimum atomic E-state index is -3.84. The van der Waals surface area contributed by atoms with Gasteiger partial charge in [-0.3, -0.25) is 4.79 Å². The number of anilines is 2. The SMILES string of the molecule is Cc1cc(C)nc(NS(=O)(=O)c2ccc(NC(=S)NC(=O)C34CC5CC(CC(C5)C3)C4)cc2)n1. The van der Waals surface area contributed by atoms with Crippen LogP contribution >= 0.6 is 12.2 Å². The van der Waals surface area contributed by atoms with Crippen molar-refractivity contribution in [2.45, 2.75) is 57.3 Å². The molecule has 4 aliphatic rings. The molecule has 0 atom stereocenters. The third-order valence-electron chi connectivity index (χ3n) is 7.38. The number of carbonyl (C=O) groups is 1. The van der Waals surface area contributed by atoms with Gasteiger partial charge in [0.25, 0.3) is 10.0 Å². The Kier molecular flexibility index (Phi) is 5.84. The first kappa shape index (κ1) is 23.2. The maximum absolute atomic E-state index is 13.2. The number of carbonyl (C=O) groups excluding carboxylic acids is 1. The zero-order chi connectivity index (χ0) is 24.1. The fraction of sp³-hybridized carbons (Fsp3) is 0.500. The molecule has 0 aliphatic heterocycles. The lowest BCUT2D eigenvalue weighted by Crippen LogP contribution is -2.55. The van der Waals surface area contributed by atoms with Crippen molar-refractivity contribution in [3.05, 3.63) is 41.7 Å². The molecule has 180 valence electrons. The Hall–Kier alpha value is -2.59. The lowest BCUT2D eigenvalue weighted by atomic mass is 9.49. The van der Waals surface area contributed by atoms with E-state index in [-0.39, 0.29) is 27.3 Å². The van der Waals surface area contributed by atoms with Gasteiger partial charge in [0.05, 0.1) is 10.3 Å². The normalized spacial score (nSPS) is 27.3. The van der Waals surface area contributed by atoms with E-state index in [2.05, 4.69) is 25.3 Å². The van der Waals surface area contributed by atoms with Crippen molar-refractivity contribution in [2.24, 2.45) is 23.2 Å². The van der Waals surface area contributed by atoms with E-state index in [0.717, 1.165) is 19.3 Å². The van der Waals surface area contributed by atoms with Crippen molar-refractivity contribution in [2.75, 3.05) is 10.0 Å². The summed E-state index contributed by atoms with van der Waals surface area (Å²) in [6.07, 6.45) is 6.73. The lowest BCUT2D eigenvalue weighted by molar-refractivity contribution is -0.144. The Balaban J connectivity index is 1.21. The second-order valence-corrected chi connectivity index (χ2v) is 12.3. The number of hydrogen-bond acceptors (Lipinski definition) is 6. The first-order valence-corrected chi connectivity index (χ1v) is 13.6. The second kappa shape index (κ2) is 8.57. The number of amides is 1. The summed E-state index contributed by atoms with van der Waals surface area (Å²) in [7, 11) is -3.84. The molecule has 4 fully saturated rings. The molecule has 2 aromatic rings. The summed E-state index contributed by atoms with van der Waals surface area (Å²) in [6.45, 7) is 3.55. The minimum Gasteiger partial charge on any atom is -0.332 e. The highest BCUT2D eigenvalue weighted by molar-refractivity contribution is 7.92. The third kappa shape index (κ3) is 4.65. The van der Waals surface area contributed by atoms with E-state index in [0.29, 0.717) is 34.8 Å². The number of nitrogens with one attached hydrogen (secondary N) is 3.